The van der Waals surface area contributed by atoms with E-state index >= 15 is 0 Å². The first kappa shape index (κ1) is 20.5. The number of carboxylic acids is 1. The topological polar surface area (TPSA) is 92.7 Å². The van der Waals surface area contributed by atoms with Crippen LogP contribution in [0, 0.1) is 0 Å². The first-order chi connectivity index (χ1) is 13.0. The fourth-order valence-corrected chi connectivity index (χ4v) is 3.11. The third kappa shape index (κ3) is 7.96. The molecule has 2 rings (SSSR count). The largest absolute Gasteiger partial charge is 0.481 e. The van der Waals surface area contributed by atoms with Gasteiger partial charge in [0.15, 0.2) is 0 Å². The number of aliphatic carboxylic acids is 1. The van der Waals surface area contributed by atoms with Crippen molar-refractivity contribution in [3.8, 4) is 0 Å². The van der Waals surface area contributed by atoms with Gasteiger partial charge in [-0.2, -0.15) is 0 Å². The maximum Gasteiger partial charge on any atom is 0.408 e. The van der Waals surface area contributed by atoms with Crippen LogP contribution in [0.1, 0.15) is 17.5 Å². The molecule has 0 fully saturated rings. The van der Waals surface area contributed by atoms with Crippen LogP contribution in [0.2, 0.25) is 0 Å². The molecule has 2 aromatic carbocycles. The zero-order chi connectivity index (χ0) is 19.5. The summed E-state index contributed by atoms with van der Waals surface area (Å²) < 4.78 is 5.18. The number of alkyl carbamates (subject to hydrolysis) is 1. The molecule has 0 heterocycles. The van der Waals surface area contributed by atoms with Crippen molar-refractivity contribution < 1.29 is 24.2 Å². The van der Waals surface area contributed by atoms with Gasteiger partial charge in [0.1, 0.15) is 12.6 Å². The Morgan fingerprint density at radius 2 is 1.56 bits per heavy atom. The van der Waals surface area contributed by atoms with Crippen LogP contribution in [0.15, 0.2) is 60.7 Å². The van der Waals surface area contributed by atoms with Crippen LogP contribution in [-0.2, 0) is 27.4 Å². The van der Waals surface area contributed by atoms with Crippen molar-refractivity contribution in [3.63, 3.8) is 0 Å². The predicted molar refractivity (Wildman–Crippen MR) is 103 cm³/mol. The number of ether oxygens (including phenoxy) is 1. The molecular weight excluding hydrogens is 366 g/mol. The van der Waals surface area contributed by atoms with Gasteiger partial charge in [-0.25, -0.2) is 4.79 Å². The van der Waals surface area contributed by atoms with Gasteiger partial charge < -0.3 is 15.2 Å². The Balaban J connectivity index is 1.94. The SMILES string of the molecule is O=C(O)CCSC(=O)[C@H](Cc1ccccc1)NC(=O)OCc1ccccc1. The molecule has 0 aliphatic rings. The normalized spacial score (nSPS) is 11.4. The predicted octanol–water partition coefficient (Wildman–Crippen LogP) is 3.26. The van der Waals surface area contributed by atoms with Gasteiger partial charge in [0.05, 0.1) is 6.42 Å². The van der Waals surface area contributed by atoms with Crippen molar-refractivity contribution in [1.82, 2.24) is 5.32 Å². The number of amides is 1. The van der Waals surface area contributed by atoms with E-state index in [2.05, 4.69) is 5.32 Å². The van der Waals surface area contributed by atoms with Gasteiger partial charge in [-0.3, -0.25) is 9.59 Å². The van der Waals surface area contributed by atoms with Gasteiger partial charge >= 0.3 is 12.1 Å². The van der Waals surface area contributed by atoms with Crippen molar-refractivity contribution in [3.05, 3.63) is 71.8 Å². The maximum absolute atomic E-state index is 12.4. The molecule has 2 N–H and O–H groups in total. The highest BCUT2D eigenvalue weighted by Crippen LogP contribution is 2.13. The smallest absolute Gasteiger partial charge is 0.408 e. The zero-order valence-electron chi connectivity index (χ0n) is 14.7. The Kier molecular flexibility index (Phi) is 8.38. The lowest BCUT2D eigenvalue weighted by Gasteiger charge is -2.17. The van der Waals surface area contributed by atoms with Crippen LogP contribution in [0.5, 0.6) is 0 Å². The van der Waals surface area contributed by atoms with Gasteiger partial charge in [0, 0.05) is 12.2 Å². The lowest BCUT2D eigenvalue weighted by molar-refractivity contribution is -0.136. The number of benzene rings is 2. The number of hydrogen-bond acceptors (Lipinski definition) is 5. The Bertz CT molecular complexity index is 751. The lowest BCUT2D eigenvalue weighted by atomic mass is 10.1. The van der Waals surface area contributed by atoms with E-state index in [1.807, 2.05) is 60.7 Å². The first-order valence-corrected chi connectivity index (χ1v) is 9.42. The van der Waals surface area contributed by atoms with Crippen LogP contribution in [0.3, 0.4) is 0 Å². The van der Waals surface area contributed by atoms with Crippen LogP contribution in [0.25, 0.3) is 0 Å². The molecule has 7 heteroatoms. The average Bonchev–Trinajstić information content (AvgIpc) is 2.67. The molecule has 0 bridgehead atoms. The van der Waals surface area contributed by atoms with Crippen molar-refractivity contribution in [1.29, 1.82) is 0 Å². The number of thioether (sulfide) groups is 1. The van der Waals surface area contributed by atoms with Gasteiger partial charge in [0.25, 0.3) is 0 Å². The average molecular weight is 387 g/mol. The minimum absolute atomic E-state index is 0.102. The summed E-state index contributed by atoms with van der Waals surface area (Å²) in [7, 11) is 0. The molecule has 2 aromatic rings. The molecule has 1 amide bonds. The monoisotopic (exact) mass is 387 g/mol. The molecule has 0 unspecified atom stereocenters. The van der Waals surface area contributed by atoms with Crippen molar-refractivity contribution >= 4 is 28.9 Å². The van der Waals surface area contributed by atoms with Gasteiger partial charge in [0.2, 0.25) is 5.12 Å². The van der Waals surface area contributed by atoms with E-state index in [4.69, 9.17) is 9.84 Å². The third-order valence-electron chi connectivity index (χ3n) is 3.63. The Hall–Kier alpha value is -2.80. The maximum atomic E-state index is 12.4. The fraction of sp³-hybridized carbons (Fsp3) is 0.250. The van der Waals surface area contributed by atoms with Crippen LogP contribution >= 0.6 is 11.8 Å². The highest BCUT2D eigenvalue weighted by molar-refractivity contribution is 8.13. The quantitative estimate of drug-likeness (QED) is 0.686. The number of carbonyl (C=O) groups is 3. The van der Waals surface area contributed by atoms with Crippen molar-refractivity contribution in [2.45, 2.75) is 25.5 Å². The summed E-state index contributed by atoms with van der Waals surface area (Å²) in [6, 6.07) is 17.7. The molecule has 1 atom stereocenters. The van der Waals surface area contributed by atoms with Crippen molar-refractivity contribution in [2.24, 2.45) is 0 Å². The van der Waals surface area contributed by atoms with Gasteiger partial charge in [-0.15, -0.1) is 0 Å². The Morgan fingerprint density at radius 1 is 0.963 bits per heavy atom. The minimum Gasteiger partial charge on any atom is -0.481 e. The highest BCUT2D eigenvalue weighted by atomic mass is 32.2. The van der Waals surface area contributed by atoms with Gasteiger partial charge in [-0.05, 0) is 11.1 Å². The van der Waals surface area contributed by atoms with Crippen LogP contribution < -0.4 is 5.32 Å². The zero-order valence-corrected chi connectivity index (χ0v) is 15.5. The van der Waals surface area contributed by atoms with E-state index in [0.29, 0.717) is 6.42 Å². The number of rotatable bonds is 9. The molecule has 142 valence electrons. The van der Waals surface area contributed by atoms with E-state index in [-0.39, 0.29) is 23.9 Å². The summed E-state index contributed by atoms with van der Waals surface area (Å²) in [5.74, 6) is -0.814. The molecule has 0 saturated heterocycles. The summed E-state index contributed by atoms with van der Waals surface area (Å²) in [6.07, 6.45) is -0.500. The third-order valence-corrected chi connectivity index (χ3v) is 4.61. The summed E-state index contributed by atoms with van der Waals surface area (Å²) >= 11 is 0.899. The summed E-state index contributed by atoms with van der Waals surface area (Å²) in [5, 5.41) is 11.0. The van der Waals surface area contributed by atoms with Crippen LogP contribution in [0.4, 0.5) is 4.79 Å². The summed E-state index contributed by atoms with van der Waals surface area (Å²) in [4.78, 5) is 35.2. The Labute approximate surface area is 161 Å². The number of nitrogens with one attached hydrogen (secondary N) is 1. The molecule has 0 aliphatic carbocycles. The molecular formula is C20H21NO5S. The molecule has 0 radical (unpaired) electrons. The van der Waals surface area contributed by atoms with Crippen molar-refractivity contribution in [2.75, 3.05) is 5.75 Å². The molecule has 0 saturated carbocycles. The second-order valence-electron chi connectivity index (χ2n) is 5.76. The molecule has 0 spiro atoms. The standard InChI is InChI=1S/C20H21NO5S/c22-18(23)11-12-27-19(24)17(13-15-7-3-1-4-8-15)21-20(25)26-14-16-9-5-2-6-10-16/h1-10,17H,11-14H2,(H,21,25)(H,22,23)/t17-/m0/s1. The fourth-order valence-electron chi connectivity index (χ4n) is 2.29. The lowest BCUT2D eigenvalue weighted by Crippen LogP contribution is -2.41. The van der Waals surface area contributed by atoms with E-state index in [1.54, 1.807) is 0 Å². The molecule has 0 aliphatic heterocycles. The summed E-state index contributed by atoms with van der Waals surface area (Å²) in [5.41, 5.74) is 1.73. The second kappa shape index (κ2) is 11.0. The molecule has 6 nitrogen and oxygen atoms in total. The van der Waals surface area contributed by atoms with E-state index in [9.17, 15) is 14.4 Å². The summed E-state index contributed by atoms with van der Waals surface area (Å²) in [6.45, 7) is 0.102. The highest BCUT2D eigenvalue weighted by Gasteiger charge is 2.22. The van der Waals surface area contributed by atoms with E-state index in [0.717, 1.165) is 22.9 Å². The Morgan fingerprint density at radius 3 is 2.15 bits per heavy atom. The second-order valence-corrected chi connectivity index (χ2v) is 6.86. The first-order valence-electron chi connectivity index (χ1n) is 8.44. The number of hydrogen-bond donors (Lipinski definition) is 2. The van der Waals surface area contributed by atoms with E-state index in [1.165, 1.54) is 0 Å². The number of carboxylic acid groups (broad SMARTS) is 1. The van der Waals surface area contributed by atoms with Crippen LogP contribution in [-0.4, -0.2) is 34.1 Å². The van der Waals surface area contributed by atoms with E-state index < -0.39 is 18.1 Å². The molecule has 0 aromatic heterocycles. The minimum atomic E-state index is -0.967. The molecule has 27 heavy (non-hydrogen) atoms. The number of carbonyl (C=O) groups excluding carboxylic acids is 2. The van der Waals surface area contributed by atoms with Gasteiger partial charge in [-0.1, -0.05) is 72.4 Å².